The average Bonchev–Trinajstić information content (AvgIpc) is 2.99. The first-order valence-corrected chi connectivity index (χ1v) is 23.9. The van der Waals surface area contributed by atoms with Gasteiger partial charge in [-0.05, 0) is 36.3 Å². The maximum atomic E-state index is 13.3. The van der Waals surface area contributed by atoms with Gasteiger partial charge < -0.3 is 8.85 Å². The van der Waals surface area contributed by atoms with E-state index in [1.54, 1.807) is 0 Å². The lowest BCUT2D eigenvalue weighted by Gasteiger charge is -2.32. The molecule has 0 N–H and O–H groups in total. The summed E-state index contributed by atoms with van der Waals surface area (Å²) < 4.78 is 13.0. The minimum Gasteiger partial charge on any atom is -0.519 e. The molecular formula is C36H74O4Si2. The molecule has 0 heterocycles. The van der Waals surface area contributed by atoms with Gasteiger partial charge in [-0.25, -0.2) is 0 Å². The molecule has 0 saturated carbocycles. The Kier molecular flexibility index (Phi) is 27.5. The van der Waals surface area contributed by atoms with Gasteiger partial charge in [0.25, 0.3) is 28.6 Å². The van der Waals surface area contributed by atoms with E-state index >= 15 is 0 Å². The molecule has 4 nitrogen and oxygen atoms in total. The van der Waals surface area contributed by atoms with Gasteiger partial charge in [-0.15, -0.1) is 0 Å². The Bertz CT molecular complexity index is 570. The van der Waals surface area contributed by atoms with E-state index < -0.39 is 16.6 Å². The summed E-state index contributed by atoms with van der Waals surface area (Å²) in [6.07, 6.45) is 24.8. The van der Waals surface area contributed by atoms with Crippen molar-refractivity contribution in [1.29, 1.82) is 0 Å². The van der Waals surface area contributed by atoms with E-state index in [4.69, 9.17) is 8.85 Å². The number of hydrogen-bond acceptors (Lipinski definition) is 4. The van der Waals surface area contributed by atoms with E-state index in [1.807, 2.05) is 0 Å². The second kappa shape index (κ2) is 27.9. The van der Waals surface area contributed by atoms with E-state index in [2.05, 4.69) is 41.5 Å². The summed E-state index contributed by atoms with van der Waals surface area (Å²) in [5.41, 5.74) is 0. The zero-order valence-electron chi connectivity index (χ0n) is 29.4. The van der Waals surface area contributed by atoms with Gasteiger partial charge in [0.15, 0.2) is 0 Å². The van der Waals surface area contributed by atoms with E-state index in [0.29, 0.717) is 0 Å². The maximum absolute atomic E-state index is 13.3. The smallest absolute Gasteiger partial charge is 0.293 e. The fraction of sp³-hybridized carbons (Fsp3) is 0.944. The quantitative estimate of drug-likeness (QED) is 0.0567. The van der Waals surface area contributed by atoms with Crippen molar-refractivity contribution in [3.8, 4) is 0 Å². The molecular weight excluding hydrogens is 553 g/mol. The minimum atomic E-state index is -2.15. The van der Waals surface area contributed by atoms with Gasteiger partial charge in [-0.2, -0.15) is 0 Å². The van der Waals surface area contributed by atoms with Crippen LogP contribution in [-0.4, -0.2) is 28.6 Å². The van der Waals surface area contributed by atoms with Crippen molar-refractivity contribution >= 4 is 28.6 Å². The van der Waals surface area contributed by atoms with Crippen LogP contribution in [0.4, 0.5) is 0 Å². The van der Waals surface area contributed by atoms with Crippen molar-refractivity contribution in [3.05, 3.63) is 0 Å². The summed E-state index contributed by atoms with van der Waals surface area (Å²) in [6.45, 7) is 13.5. The van der Waals surface area contributed by atoms with E-state index in [1.165, 1.54) is 77.0 Å². The Labute approximate surface area is 265 Å². The van der Waals surface area contributed by atoms with Crippen LogP contribution in [0.15, 0.2) is 0 Å². The maximum Gasteiger partial charge on any atom is 0.293 e. The minimum absolute atomic E-state index is 0.137. The van der Waals surface area contributed by atoms with Gasteiger partial charge in [-0.1, -0.05) is 170 Å². The summed E-state index contributed by atoms with van der Waals surface area (Å²) in [6, 6.07) is 6.51. The topological polar surface area (TPSA) is 52.6 Å². The van der Waals surface area contributed by atoms with Crippen LogP contribution >= 0.6 is 0 Å². The van der Waals surface area contributed by atoms with Crippen LogP contribution in [0.5, 0.6) is 0 Å². The number of unbranched alkanes of at least 4 members (excludes halogenated alkanes) is 14. The lowest BCUT2D eigenvalue weighted by Crippen LogP contribution is -2.41. The number of rotatable bonds is 31. The first kappa shape index (κ1) is 41.4. The lowest BCUT2D eigenvalue weighted by atomic mass is 10.1. The molecule has 0 unspecified atom stereocenters. The van der Waals surface area contributed by atoms with Crippen molar-refractivity contribution in [3.63, 3.8) is 0 Å². The molecule has 0 spiro atoms. The molecule has 0 aliphatic rings. The van der Waals surface area contributed by atoms with Gasteiger partial charge >= 0.3 is 0 Å². The van der Waals surface area contributed by atoms with Crippen LogP contribution in [0, 0.1) is 0 Å². The normalized spacial score (nSPS) is 12.0. The van der Waals surface area contributed by atoms with Crippen molar-refractivity contribution in [2.45, 2.75) is 219 Å². The van der Waals surface area contributed by atoms with Crippen molar-refractivity contribution < 1.29 is 18.4 Å². The van der Waals surface area contributed by atoms with Crippen LogP contribution in [0.3, 0.4) is 0 Å². The van der Waals surface area contributed by atoms with Crippen LogP contribution in [0.1, 0.15) is 183 Å². The van der Waals surface area contributed by atoms with Crippen molar-refractivity contribution in [1.82, 2.24) is 0 Å². The molecule has 0 radical (unpaired) electrons. The second-order valence-electron chi connectivity index (χ2n) is 13.3. The predicted octanol–water partition coefficient (Wildman–Crippen LogP) is 12.7. The van der Waals surface area contributed by atoms with E-state index in [0.717, 1.165) is 87.6 Å². The summed E-state index contributed by atoms with van der Waals surface area (Å²) in [4.78, 5) is 26.6. The summed E-state index contributed by atoms with van der Waals surface area (Å²) in [5, 5.41) is 0. The third-order valence-corrected chi connectivity index (χ3v) is 18.0. The lowest BCUT2D eigenvalue weighted by molar-refractivity contribution is -0.141. The molecule has 250 valence electrons. The zero-order chi connectivity index (χ0) is 31.4. The highest BCUT2D eigenvalue weighted by atomic mass is 28.4. The third kappa shape index (κ3) is 21.1. The molecule has 0 fully saturated rings. The molecule has 0 aliphatic carbocycles. The molecule has 0 saturated heterocycles. The van der Waals surface area contributed by atoms with Gasteiger partial charge in [0.2, 0.25) is 0 Å². The zero-order valence-corrected chi connectivity index (χ0v) is 31.4. The fourth-order valence-corrected chi connectivity index (χ4v) is 15.4. The van der Waals surface area contributed by atoms with Crippen LogP contribution in [0.2, 0.25) is 36.3 Å². The van der Waals surface area contributed by atoms with Gasteiger partial charge in [0.1, 0.15) is 0 Å². The molecule has 42 heavy (non-hydrogen) atoms. The SMILES string of the molecule is CCCCCCCC[Si](CCCC)(CCCC)OC(=O)CCC(=O)O[Si](CCCC)(CCCC)CCCCCCCC. The molecule has 0 bridgehead atoms. The molecule has 0 rings (SSSR count). The fourth-order valence-electron chi connectivity index (χ4n) is 6.30. The van der Waals surface area contributed by atoms with Crippen LogP contribution in [-0.2, 0) is 18.4 Å². The Balaban J connectivity index is 5.28. The second-order valence-corrected chi connectivity index (χ2v) is 21.4. The standard InChI is InChI=1S/C36H74O4Si2/c1-7-13-19-21-23-25-33-41(29-15-9-3,30-16-10-4)39-35(37)27-28-36(38)40-42(31-17-11-5,32-18-12-6)34-26-24-22-20-14-8-2/h7-34H2,1-6H3. The molecule has 0 aliphatic heterocycles. The highest BCUT2D eigenvalue weighted by Crippen LogP contribution is 2.32. The summed E-state index contributed by atoms with van der Waals surface area (Å²) in [5.74, 6) is -0.274. The molecule has 0 amide bonds. The van der Waals surface area contributed by atoms with Gasteiger partial charge in [-0.3, -0.25) is 9.59 Å². The monoisotopic (exact) mass is 627 g/mol. The highest BCUT2D eigenvalue weighted by molar-refractivity contribution is 6.75. The average molecular weight is 627 g/mol. The Morgan fingerprint density at radius 1 is 0.357 bits per heavy atom. The van der Waals surface area contributed by atoms with Crippen molar-refractivity contribution in [2.24, 2.45) is 0 Å². The molecule has 0 atom stereocenters. The van der Waals surface area contributed by atoms with Gasteiger partial charge in [0, 0.05) is 0 Å². The third-order valence-electron chi connectivity index (χ3n) is 9.11. The number of hydrogen-bond donors (Lipinski definition) is 0. The summed E-state index contributed by atoms with van der Waals surface area (Å²) in [7, 11) is -4.30. The molecule has 0 aromatic rings. The number of carbonyl (C=O) groups excluding carboxylic acids is 2. The van der Waals surface area contributed by atoms with Gasteiger partial charge in [0.05, 0.1) is 12.8 Å². The first-order valence-electron chi connectivity index (χ1n) is 18.8. The Morgan fingerprint density at radius 3 is 0.881 bits per heavy atom. The summed E-state index contributed by atoms with van der Waals surface area (Å²) >= 11 is 0. The van der Waals surface area contributed by atoms with Crippen LogP contribution < -0.4 is 0 Å². The molecule has 0 aromatic carbocycles. The molecule has 0 aromatic heterocycles. The highest BCUT2D eigenvalue weighted by Gasteiger charge is 2.39. The Hall–Kier alpha value is -0.626. The van der Waals surface area contributed by atoms with Crippen LogP contribution in [0.25, 0.3) is 0 Å². The Morgan fingerprint density at radius 2 is 0.595 bits per heavy atom. The number of carbonyl (C=O) groups is 2. The van der Waals surface area contributed by atoms with E-state index in [9.17, 15) is 9.59 Å². The van der Waals surface area contributed by atoms with Crippen molar-refractivity contribution in [2.75, 3.05) is 0 Å². The first-order chi connectivity index (χ1) is 20.4. The largest absolute Gasteiger partial charge is 0.519 e. The predicted molar refractivity (Wildman–Crippen MR) is 188 cm³/mol. The van der Waals surface area contributed by atoms with E-state index in [-0.39, 0.29) is 24.8 Å². The molecule has 6 heteroatoms.